The van der Waals surface area contributed by atoms with Gasteiger partial charge in [0.15, 0.2) is 0 Å². The predicted molar refractivity (Wildman–Crippen MR) is 71.7 cm³/mol. The van der Waals surface area contributed by atoms with E-state index in [0.29, 0.717) is 12.3 Å². The molecule has 0 radical (unpaired) electrons. The maximum absolute atomic E-state index is 11.2. The van der Waals surface area contributed by atoms with Gasteiger partial charge in [0, 0.05) is 31.7 Å². The van der Waals surface area contributed by atoms with Crippen LogP contribution in [0, 0.1) is 5.92 Å². The average Bonchev–Trinajstić information content (AvgIpc) is 2.28. The molecule has 0 amide bonds. The summed E-state index contributed by atoms with van der Waals surface area (Å²) < 4.78 is 0. The van der Waals surface area contributed by atoms with Crippen molar-refractivity contribution in [3.05, 3.63) is 0 Å². The number of likely N-dealkylation sites (N-methyl/N-ethyl adjacent to an activating group) is 1. The second-order valence-corrected chi connectivity index (χ2v) is 6.29. The summed E-state index contributed by atoms with van der Waals surface area (Å²) >= 11 is 0. The molecule has 1 saturated heterocycles. The van der Waals surface area contributed by atoms with Crippen molar-refractivity contribution in [2.24, 2.45) is 5.92 Å². The van der Waals surface area contributed by atoms with Crippen molar-refractivity contribution in [1.29, 1.82) is 0 Å². The fraction of sp³-hybridized carbons (Fsp3) is 0.929. The molecule has 1 N–H and O–H groups in total. The Hall–Kier alpha value is -0.610. The van der Waals surface area contributed by atoms with Crippen molar-refractivity contribution in [3.63, 3.8) is 0 Å². The quantitative estimate of drug-likeness (QED) is 0.832. The van der Waals surface area contributed by atoms with Gasteiger partial charge in [-0.15, -0.1) is 0 Å². The third kappa shape index (κ3) is 3.04. The van der Waals surface area contributed by atoms with Crippen molar-refractivity contribution in [1.82, 2.24) is 9.80 Å². The van der Waals surface area contributed by atoms with Crippen LogP contribution in [-0.4, -0.2) is 59.6 Å². The Morgan fingerprint density at radius 2 is 2.00 bits per heavy atom. The monoisotopic (exact) mass is 254 g/mol. The number of piperazine rings is 1. The standard InChI is InChI=1S/C14H26N2O2/c1-12-4-3-5-14(10-12,11-13(17)18)16-8-6-15(2)7-9-16/h12H,3-11H2,1-2H3,(H,17,18). The lowest BCUT2D eigenvalue weighted by atomic mass is 9.73. The van der Waals surface area contributed by atoms with Crippen LogP contribution >= 0.6 is 0 Å². The molecule has 1 heterocycles. The molecule has 4 nitrogen and oxygen atoms in total. The molecule has 0 aromatic carbocycles. The Morgan fingerprint density at radius 3 is 2.56 bits per heavy atom. The number of carboxylic acids is 1. The molecule has 0 spiro atoms. The average molecular weight is 254 g/mol. The van der Waals surface area contributed by atoms with Gasteiger partial charge in [0.25, 0.3) is 0 Å². The van der Waals surface area contributed by atoms with Crippen molar-refractivity contribution < 1.29 is 9.90 Å². The lowest BCUT2D eigenvalue weighted by Gasteiger charge is -2.50. The third-order valence-corrected chi connectivity index (χ3v) is 4.72. The molecule has 2 unspecified atom stereocenters. The van der Waals surface area contributed by atoms with Gasteiger partial charge in [-0.2, -0.15) is 0 Å². The molecule has 0 aromatic rings. The minimum Gasteiger partial charge on any atom is -0.481 e. The first kappa shape index (κ1) is 13.8. The largest absolute Gasteiger partial charge is 0.481 e. The number of carboxylic acid groups (broad SMARTS) is 1. The number of hydrogen-bond donors (Lipinski definition) is 1. The van der Waals surface area contributed by atoms with E-state index in [9.17, 15) is 9.90 Å². The molecule has 104 valence electrons. The fourth-order valence-electron chi connectivity index (χ4n) is 3.75. The molecule has 2 fully saturated rings. The Bertz CT molecular complexity index is 300. The van der Waals surface area contributed by atoms with Crippen molar-refractivity contribution in [2.45, 2.75) is 44.6 Å². The van der Waals surface area contributed by atoms with Gasteiger partial charge < -0.3 is 10.0 Å². The summed E-state index contributed by atoms with van der Waals surface area (Å²) in [5, 5.41) is 9.26. The van der Waals surface area contributed by atoms with Crippen LogP contribution in [0.1, 0.15) is 39.0 Å². The van der Waals surface area contributed by atoms with E-state index >= 15 is 0 Å². The second kappa shape index (κ2) is 5.57. The minimum atomic E-state index is -0.636. The van der Waals surface area contributed by atoms with E-state index in [1.807, 2.05) is 0 Å². The van der Waals surface area contributed by atoms with E-state index in [1.54, 1.807) is 0 Å². The van der Waals surface area contributed by atoms with E-state index in [1.165, 1.54) is 12.8 Å². The van der Waals surface area contributed by atoms with E-state index in [-0.39, 0.29) is 5.54 Å². The van der Waals surface area contributed by atoms with Crippen LogP contribution in [0.5, 0.6) is 0 Å². The van der Waals surface area contributed by atoms with Gasteiger partial charge in [0.1, 0.15) is 0 Å². The molecule has 0 aromatic heterocycles. The minimum absolute atomic E-state index is 0.0647. The third-order valence-electron chi connectivity index (χ3n) is 4.72. The van der Waals surface area contributed by atoms with Gasteiger partial charge in [-0.1, -0.05) is 19.8 Å². The van der Waals surface area contributed by atoms with Crippen LogP contribution in [0.3, 0.4) is 0 Å². The number of nitrogens with zero attached hydrogens (tertiary/aromatic N) is 2. The molecule has 2 aliphatic rings. The Kier molecular flexibility index (Phi) is 4.28. The summed E-state index contributed by atoms with van der Waals surface area (Å²) in [5.74, 6) is 0.0285. The summed E-state index contributed by atoms with van der Waals surface area (Å²) in [7, 11) is 2.14. The molecule has 18 heavy (non-hydrogen) atoms. The molecule has 1 saturated carbocycles. The highest BCUT2D eigenvalue weighted by molar-refractivity contribution is 5.68. The summed E-state index contributed by atoms with van der Waals surface area (Å²) in [4.78, 5) is 16.0. The molecule has 1 aliphatic heterocycles. The van der Waals surface area contributed by atoms with E-state index in [2.05, 4.69) is 23.8 Å². The first-order valence-corrected chi connectivity index (χ1v) is 7.17. The highest BCUT2D eigenvalue weighted by atomic mass is 16.4. The number of aliphatic carboxylic acids is 1. The second-order valence-electron chi connectivity index (χ2n) is 6.29. The zero-order chi connectivity index (χ0) is 13.2. The maximum Gasteiger partial charge on any atom is 0.305 e. The first-order chi connectivity index (χ1) is 8.52. The van der Waals surface area contributed by atoms with Gasteiger partial charge >= 0.3 is 5.97 Å². The lowest BCUT2D eigenvalue weighted by Crippen LogP contribution is -2.58. The van der Waals surface area contributed by atoms with Crippen LogP contribution in [-0.2, 0) is 4.79 Å². The first-order valence-electron chi connectivity index (χ1n) is 7.17. The summed E-state index contributed by atoms with van der Waals surface area (Å²) in [6, 6.07) is 0. The highest BCUT2D eigenvalue weighted by Gasteiger charge is 2.42. The molecule has 4 heteroatoms. The van der Waals surface area contributed by atoms with Gasteiger partial charge in [0.2, 0.25) is 0 Å². The van der Waals surface area contributed by atoms with Crippen molar-refractivity contribution in [3.8, 4) is 0 Å². The topological polar surface area (TPSA) is 43.8 Å². The maximum atomic E-state index is 11.2. The van der Waals surface area contributed by atoms with Gasteiger partial charge in [0.05, 0.1) is 6.42 Å². The smallest absolute Gasteiger partial charge is 0.305 e. The van der Waals surface area contributed by atoms with Crippen LogP contribution in [0.2, 0.25) is 0 Å². The van der Waals surface area contributed by atoms with Crippen LogP contribution in [0.25, 0.3) is 0 Å². The Morgan fingerprint density at radius 1 is 1.33 bits per heavy atom. The zero-order valence-corrected chi connectivity index (χ0v) is 11.7. The van der Waals surface area contributed by atoms with Crippen molar-refractivity contribution in [2.75, 3.05) is 33.2 Å². The van der Waals surface area contributed by atoms with E-state index in [0.717, 1.165) is 39.0 Å². The van der Waals surface area contributed by atoms with Crippen molar-refractivity contribution >= 4 is 5.97 Å². The SMILES string of the molecule is CC1CCCC(CC(=O)O)(N2CCN(C)CC2)C1. The van der Waals surface area contributed by atoms with E-state index < -0.39 is 5.97 Å². The van der Waals surface area contributed by atoms with Crippen LogP contribution in [0.4, 0.5) is 0 Å². The molecule has 0 bridgehead atoms. The van der Waals surface area contributed by atoms with Crippen LogP contribution in [0.15, 0.2) is 0 Å². The molecule has 2 rings (SSSR count). The molecule has 1 aliphatic carbocycles. The normalized spacial score (nSPS) is 35.6. The van der Waals surface area contributed by atoms with Gasteiger partial charge in [-0.05, 0) is 25.8 Å². The molecule has 2 atom stereocenters. The number of carbonyl (C=O) groups is 1. The number of rotatable bonds is 3. The van der Waals surface area contributed by atoms with Gasteiger partial charge in [-0.3, -0.25) is 9.69 Å². The fourth-order valence-corrected chi connectivity index (χ4v) is 3.75. The molecular formula is C14H26N2O2. The summed E-state index contributed by atoms with van der Waals surface area (Å²) in [5.41, 5.74) is -0.0647. The van der Waals surface area contributed by atoms with E-state index in [4.69, 9.17) is 0 Å². The zero-order valence-electron chi connectivity index (χ0n) is 11.7. The van der Waals surface area contributed by atoms with Gasteiger partial charge in [-0.25, -0.2) is 0 Å². The predicted octanol–water partition coefficient (Wildman–Crippen LogP) is 1.66. The summed E-state index contributed by atoms with van der Waals surface area (Å²) in [6.45, 7) is 6.45. The number of hydrogen-bond acceptors (Lipinski definition) is 3. The Balaban J connectivity index is 2.10. The molecular weight excluding hydrogens is 228 g/mol. The Labute approximate surface area is 110 Å². The highest BCUT2D eigenvalue weighted by Crippen LogP contribution is 2.39. The van der Waals surface area contributed by atoms with Crippen LogP contribution < -0.4 is 0 Å². The lowest BCUT2D eigenvalue weighted by molar-refractivity contribution is -0.142. The summed E-state index contributed by atoms with van der Waals surface area (Å²) in [6.07, 6.45) is 4.88.